The fraction of sp³-hybridized carbons (Fsp3) is 0.217. The number of aliphatic hydroxyl groups is 2. The molecule has 2 saturated heterocycles. The molecule has 6 aromatic carbocycles. The number of rotatable bonds is 6. The lowest BCUT2D eigenvalue weighted by Gasteiger charge is -2.44. The van der Waals surface area contributed by atoms with Gasteiger partial charge in [-0.15, -0.1) is 0 Å². The van der Waals surface area contributed by atoms with Crippen molar-refractivity contribution in [2.45, 2.75) is 46.2 Å². The van der Waals surface area contributed by atoms with Crippen LogP contribution < -0.4 is 29.7 Å². The molecule has 19 heteroatoms. The van der Waals surface area contributed by atoms with Crippen molar-refractivity contribution in [2.75, 3.05) is 36.2 Å². The molecule has 5 N–H and O–H groups in total. The van der Waals surface area contributed by atoms with Gasteiger partial charge in [0.25, 0.3) is 9.05 Å². The van der Waals surface area contributed by atoms with E-state index in [9.17, 15) is 27.0 Å². The normalized spacial score (nSPS) is 22.1. The van der Waals surface area contributed by atoms with Crippen LogP contribution in [0.4, 0.5) is 22.7 Å². The summed E-state index contributed by atoms with van der Waals surface area (Å²) in [4.78, 5) is 3.94. The van der Waals surface area contributed by atoms with Crippen LogP contribution in [0.1, 0.15) is 0 Å². The smallest absolute Gasteiger partial charge is 0.262 e. The molecule has 4 heterocycles. The third kappa shape index (κ3) is 10.1. The fourth-order valence-electron chi connectivity index (χ4n) is 7.90. The van der Waals surface area contributed by atoms with Crippen LogP contribution in [0.15, 0.2) is 155 Å². The van der Waals surface area contributed by atoms with Crippen LogP contribution in [0.5, 0.6) is 23.0 Å². The maximum Gasteiger partial charge on any atom is 0.262 e. The summed E-state index contributed by atoms with van der Waals surface area (Å²) in [5.41, 5.74) is 9.36. The van der Waals surface area contributed by atoms with Crippen molar-refractivity contribution in [2.24, 2.45) is 5.73 Å². The number of sulfonamides is 1. The van der Waals surface area contributed by atoms with Gasteiger partial charge in [0.2, 0.25) is 10.0 Å². The zero-order valence-electron chi connectivity index (χ0n) is 34.2. The van der Waals surface area contributed by atoms with Crippen molar-refractivity contribution in [1.29, 1.82) is 0 Å². The summed E-state index contributed by atoms with van der Waals surface area (Å²) in [6.07, 6.45) is -1.71. The van der Waals surface area contributed by atoms with Crippen LogP contribution >= 0.6 is 33.9 Å². The van der Waals surface area contributed by atoms with Crippen molar-refractivity contribution in [3.63, 3.8) is 0 Å². The van der Waals surface area contributed by atoms with E-state index in [1.165, 1.54) is 24.3 Å². The second kappa shape index (κ2) is 19.9. The van der Waals surface area contributed by atoms with Crippen LogP contribution in [-0.2, 0) is 28.5 Å². The van der Waals surface area contributed by atoms with Gasteiger partial charge in [-0.05, 0) is 72.8 Å². The van der Waals surface area contributed by atoms with E-state index in [1.807, 2.05) is 102 Å². The Morgan fingerprint density at radius 3 is 1.31 bits per heavy atom. The molecule has 0 aromatic heterocycles. The number of fused-ring (bicyclic) bond motifs is 4. The van der Waals surface area contributed by atoms with Gasteiger partial charge in [0.05, 0.1) is 95.6 Å². The Balaban J connectivity index is 0.000000150. The number of ether oxygens (including phenoxy) is 4. The maximum absolute atomic E-state index is 13.0. The van der Waals surface area contributed by atoms with Crippen molar-refractivity contribution in [1.82, 2.24) is 4.72 Å². The Morgan fingerprint density at radius 1 is 0.523 bits per heavy atom. The molecule has 340 valence electrons. The van der Waals surface area contributed by atoms with Crippen LogP contribution in [-0.4, -0.2) is 89.9 Å². The first kappa shape index (κ1) is 46.6. The molecular weight excluding hydrogens is 939 g/mol. The monoisotopic (exact) mass is 980 g/mol. The summed E-state index contributed by atoms with van der Waals surface area (Å²) >= 11 is 11.6. The van der Waals surface area contributed by atoms with E-state index in [0.717, 1.165) is 34.2 Å². The molecule has 0 unspecified atom stereocenters. The highest BCUT2D eigenvalue weighted by molar-refractivity contribution is 8.13. The number of anilines is 4. The predicted octanol–water partition coefficient (Wildman–Crippen LogP) is 7.98. The van der Waals surface area contributed by atoms with Gasteiger partial charge in [-0.1, -0.05) is 96.0 Å². The number of benzene rings is 6. The topological polar surface area (TPSA) is 190 Å². The highest BCUT2D eigenvalue weighted by Crippen LogP contribution is 2.49. The van der Waals surface area contributed by atoms with E-state index in [4.69, 9.17) is 58.6 Å². The Kier molecular flexibility index (Phi) is 14.2. The lowest BCUT2D eigenvalue weighted by molar-refractivity contribution is -0.0244. The summed E-state index contributed by atoms with van der Waals surface area (Å²) in [6, 6.07) is 40.8. The first-order valence-electron chi connectivity index (χ1n) is 20.3. The highest BCUT2D eigenvalue weighted by Gasteiger charge is 2.42. The maximum atomic E-state index is 13.0. The molecule has 4 aliphatic rings. The molecule has 0 aliphatic carbocycles. The minimum atomic E-state index is -3.96. The summed E-state index contributed by atoms with van der Waals surface area (Å²) in [5, 5.41) is 22.1. The largest absolute Gasteiger partial charge is 0.453 e. The number of para-hydroxylation sites is 8. The minimum Gasteiger partial charge on any atom is -0.453 e. The summed E-state index contributed by atoms with van der Waals surface area (Å²) in [7, 11) is -2.61. The predicted molar refractivity (Wildman–Crippen MR) is 249 cm³/mol. The summed E-state index contributed by atoms with van der Waals surface area (Å²) in [5.74, 6) is 2.84. The minimum absolute atomic E-state index is 0.0367. The summed E-state index contributed by atoms with van der Waals surface area (Å²) in [6.45, 7) is 1.06. The third-order valence-corrected chi connectivity index (χ3v) is 14.8. The summed E-state index contributed by atoms with van der Waals surface area (Å²) < 4.78 is 73.3. The quantitative estimate of drug-likeness (QED) is 0.118. The second-order valence-corrected chi connectivity index (χ2v) is 20.2. The van der Waals surface area contributed by atoms with Gasteiger partial charge in [0, 0.05) is 10.7 Å². The molecule has 65 heavy (non-hydrogen) atoms. The SMILES string of the molecule is N[C@@H]1COC[C@H](N2c3ccccc3Oc3ccccc32)[C@H]1O.O=S(=O)(Cl)c1ccccc1Cl.O=S(=O)(N[C@@H]1COC[C@H](N2c3ccccc3Oc3ccccc32)[C@H]1O)c1ccccc1Cl. The molecule has 0 saturated carbocycles. The van der Waals surface area contributed by atoms with E-state index in [-0.39, 0.29) is 45.1 Å². The van der Waals surface area contributed by atoms with Gasteiger partial charge < -0.3 is 44.7 Å². The average molecular weight is 982 g/mol. The molecule has 0 spiro atoms. The molecule has 4 aliphatic heterocycles. The Labute approximate surface area is 391 Å². The van der Waals surface area contributed by atoms with Crippen molar-refractivity contribution in [3.8, 4) is 23.0 Å². The molecule has 10 rings (SSSR count). The molecular formula is C46H43Cl3N4O10S2. The molecule has 0 amide bonds. The van der Waals surface area contributed by atoms with Gasteiger partial charge in [-0.3, -0.25) is 0 Å². The van der Waals surface area contributed by atoms with E-state index in [1.54, 1.807) is 24.3 Å². The number of nitrogens with zero attached hydrogens (tertiary/aromatic N) is 2. The van der Waals surface area contributed by atoms with Gasteiger partial charge in [0.15, 0.2) is 23.0 Å². The molecule has 14 nitrogen and oxygen atoms in total. The molecule has 6 atom stereocenters. The number of hydrogen-bond donors (Lipinski definition) is 4. The standard InChI is InChI=1S/C23H21ClN2O5S.C17H18N2O3.C6H4Cl2O2S/c24-15-7-1-6-12-22(15)32(28,29)25-16-13-30-14-19(23(16)27)26-17-8-2-4-10-20(17)31-21-11-5-3-9-18(21)26;18-11-9-21-10-14(17(11)20)19-12-5-1-3-7-15(12)22-16-8-4-2-6-13(16)19;7-5-3-1-2-4-6(5)11(8,9)10/h1-12,16,19,23,25,27H,13-14H2;1-8,11,14,17,20H,9-10,18H2;1-4H/t16-,19+,23+;11-,14+,17+;/m11./s1. The molecule has 0 radical (unpaired) electrons. The van der Waals surface area contributed by atoms with Crippen molar-refractivity contribution < 1.29 is 46.0 Å². The number of nitrogens with one attached hydrogen (secondary N) is 1. The van der Waals surface area contributed by atoms with Crippen LogP contribution in [0, 0.1) is 0 Å². The Hall–Kier alpha value is -4.95. The van der Waals surface area contributed by atoms with Crippen molar-refractivity contribution in [3.05, 3.63) is 156 Å². The van der Waals surface area contributed by atoms with Crippen LogP contribution in [0.2, 0.25) is 10.0 Å². The zero-order chi connectivity index (χ0) is 45.9. The zero-order valence-corrected chi connectivity index (χ0v) is 38.1. The number of aliphatic hydroxyl groups excluding tert-OH is 2. The first-order valence-corrected chi connectivity index (χ1v) is 24.8. The first-order chi connectivity index (χ1) is 31.2. The number of nitrogens with two attached hydrogens (primary N) is 1. The van der Waals surface area contributed by atoms with Gasteiger partial charge in [0.1, 0.15) is 9.79 Å². The molecule has 2 fully saturated rings. The third-order valence-electron chi connectivity index (χ3n) is 11.0. The van der Waals surface area contributed by atoms with Crippen molar-refractivity contribution >= 4 is 75.7 Å². The fourth-order valence-corrected chi connectivity index (χ4v) is 11.2. The van der Waals surface area contributed by atoms with E-state index in [0.29, 0.717) is 24.7 Å². The van der Waals surface area contributed by atoms with Crippen LogP contribution in [0.25, 0.3) is 0 Å². The second-order valence-electron chi connectivity index (χ2n) is 15.2. The van der Waals surface area contributed by atoms with Gasteiger partial charge in [-0.25, -0.2) is 21.6 Å². The van der Waals surface area contributed by atoms with Gasteiger partial charge in [-0.2, -0.15) is 0 Å². The lowest BCUT2D eigenvalue weighted by Crippen LogP contribution is -2.60. The van der Waals surface area contributed by atoms with E-state index < -0.39 is 43.4 Å². The average Bonchev–Trinajstić information content (AvgIpc) is 3.29. The molecule has 6 aromatic rings. The highest BCUT2D eigenvalue weighted by atomic mass is 35.7. The molecule has 0 bridgehead atoms. The van der Waals surface area contributed by atoms with E-state index in [2.05, 4.69) is 9.62 Å². The van der Waals surface area contributed by atoms with Gasteiger partial charge >= 0.3 is 0 Å². The number of hydrogen-bond acceptors (Lipinski definition) is 13. The Morgan fingerprint density at radius 2 is 0.892 bits per heavy atom. The lowest BCUT2D eigenvalue weighted by atomic mass is 9.98. The van der Waals surface area contributed by atoms with E-state index >= 15 is 0 Å². The van der Waals surface area contributed by atoms with Crippen LogP contribution in [0.3, 0.4) is 0 Å². The Bertz CT molecular complexity index is 2790. The number of halogens is 3.